The van der Waals surface area contributed by atoms with Crippen molar-refractivity contribution in [2.75, 3.05) is 19.7 Å². The first-order chi connectivity index (χ1) is 12.2. The summed E-state index contributed by atoms with van der Waals surface area (Å²) in [7, 11) is 0. The van der Waals surface area contributed by atoms with E-state index in [-0.39, 0.29) is 5.97 Å². The molecular formula is C20H27N3O2. The van der Waals surface area contributed by atoms with Crippen LogP contribution in [0.1, 0.15) is 47.6 Å². The largest absolute Gasteiger partial charge is 0.461 e. The van der Waals surface area contributed by atoms with Crippen LogP contribution in [0.15, 0.2) is 30.3 Å². The molecule has 2 aromatic rings. The zero-order chi connectivity index (χ0) is 17.6. The summed E-state index contributed by atoms with van der Waals surface area (Å²) in [5, 5.41) is 4.51. The summed E-state index contributed by atoms with van der Waals surface area (Å²) in [6.45, 7) is 7.91. The van der Waals surface area contributed by atoms with Crippen molar-refractivity contribution in [1.29, 1.82) is 0 Å². The average Bonchev–Trinajstić information content (AvgIpc) is 3.01. The minimum absolute atomic E-state index is 0.294. The van der Waals surface area contributed by atoms with E-state index in [0.29, 0.717) is 12.3 Å². The van der Waals surface area contributed by atoms with Gasteiger partial charge in [-0.15, -0.1) is 0 Å². The van der Waals surface area contributed by atoms with E-state index in [2.05, 4.69) is 47.3 Å². The Kier molecular flexibility index (Phi) is 5.87. The van der Waals surface area contributed by atoms with E-state index in [1.807, 2.05) is 11.6 Å². The molecule has 0 saturated carbocycles. The van der Waals surface area contributed by atoms with E-state index in [9.17, 15) is 4.79 Å². The van der Waals surface area contributed by atoms with Gasteiger partial charge < -0.3 is 4.74 Å². The summed E-state index contributed by atoms with van der Waals surface area (Å²) in [5.74, 6) is -0.294. The van der Waals surface area contributed by atoms with Crippen molar-refractivity contribution in [2.24, 2.45) is 0 Å². The van der Waals surface area contributed by atoms with E-state index >= 15 is 0 Å². The second-order valence-electron chi connectivity index (χ2n) is 6.43. The minimum atomic E-state index is -0.294. The molecular weight excluding hydrogens is 314 g/mol. The Labute approximate surface area is 149 Å². The first-order valence-electron chi connectivity index (χ1n) is 9.24. The van der Waals surface area contributed by atoms with Crippen LogP contribution in [0.5, 0.6) is 0 Å². The van der Waals surface area contributed by atoms with E-state index in [0.717, 1.165) is 51.0 Å². The summed E-state index contributed by atoms with van der Waals surface area (Å²) in [6.07, 6.45) is 3.15. The number of nitrogens with zero attached hydrogens (tertiary/aromatic N) is 3. The van der Waals surface area contributed by atoms with Crippen molar-refractivity contribution in [3.05, 3.63) is 52.8 Å². The Bertz CT molecular complexity index is 709. The molecule has 0 radical (unpaired) electrons. The highest BCUT2D eigenvalue weighted by atomic mass is 16.5. The topological polar surface area (TPSA) is 47.4 Å². The lowest BCUT2D eigenvalue weighted by Gasteiger charge is -2.27. The maximum Gasteiger partial charge on any atom is 0.359 e. The fraction of sp³-hybridized carbons (Fsp3) is 0.500. The Morgan fingerprint density at radius 3 is 2.76 bits per heavy atom. The number of esters is 1. The molecule has 2 heterocycles. The van der Waals surface area contributed by atoms with Gasteiger partial charge in [0, 0.05) is 37.3 Å². The average molecular weight is 341 g/mol. The first-order valence-corrected chi connectivity index (χ1v) is 9.24. The molecule has 0 N–H and O–H groups in total. The van der Waals surface area contributed by atoms with Gasteiger partial charge in [-0.25, -0.2) is 4.79 Å². The highest BCUT2D eigenvalue weighted by molar-refractivity contribution is 5.89. The molecule has 0 atom stereocenters. The number of ether oxygens (including phenoxy) is 1. The van der Waals surface area contributed by atoms with Crippen molar-refractivity contribution in [3.8, 4) is 0 Å². The summed E-state index contributed by atoms with van der Waals surface area (Å²) < 4.78 is 7.15. The van der Waals surface area contributed by atoms with Gasteiger partial charge >= 0.3 is 5.97 Å². The summed E-state index contributed by atoms with van der Waals surface area (Å²) in [6, 6.07) is 10.6. The second kappa shape index (κ2) is 8.30. The lowest BCUT2D eigenvalue weighted by Crippen LogP contribution is -2.32. The lowest BCUT2D eigenvalue weighted by molar-refractivity contribution is 0.0516. The third-order valence-electron chi connectivity index (χ3n) is 4.76. The van der Waals surface area contributed by atoms with Crippen molar-refractivity contribution in [3.63, 3.8) is 0 Å². The van der Waals surface area contributed by atoms with Crippen LogP contribution in [0.3, 0.4) is 0 Å². The molecule has 1 aliphatic rings. The molecule has 0 fully saturated rings. The molecule has 25 heavy (non-hydrogen) atoms. The monoisotopic (exact) mass is 341 g/mol. The summed E-state index contributed by atoms with van der Waals surface area (Å²) in [5.41, 5.74) is 4.15. The third kappa shape index (κ3) is 4.10. The van der Waals surface area contributed by atoms with Gasteiger partial charge in [0.05, 0.1) is 6.61 Å². The van der Waals surface area contributed by atoms with Crippen molar-refractivity contribution in [2.45, 2.75) is 46.2 Å². The van der Waals surface area contributed by atoms with Crippen molar-refractivity contribution in [1.82, 2.24) is 14.7 Å². The Balaban J connectivity index is 1.65. The fourth-order valence-electron chi connectivity index (χ4n) is 3.51. The van der Waals surface area contributed by atoms with Crippen LogP contribution in [0.4, 0.5) is 0 Å². The molecule has 5 nitrogen and oxygen atoms in total. The number of fused-ring (bicyclic) bond motifs is 1. The number of aryl methyl sites for hydroxylation is 2. The zero-order valence-electron chi connectivity index (χ0n) is 15.2. The highest BCUT2D eigenvalue weighted by Crippen LogP contribution is 2.24. The van der Waals surface area contributed by atoms with Crippen molar-refractivity contribution >= 4 is 5.97 Å². The van der Waals surface area contributed by atoms with Gasteiger partial charge in [0.1, 0.15) is 0 Å². The SMILES string of the molecule is CCOC(=O)c1nn(CC)c2c1CN(CCCc1ccccc1)CC2. The van der Waals surface area contributed by atoms with E-state index in [1.165, 1.54) is 11.3 Å². The molecule has 3 rings (SSSR count). The van der Waals surface area contributed by atoms with E-state index < -0.39 is 0 Å². The highest BCUT2D eigenvalue weighted by Gasteiger charge is 2.28. The molecule has 0 bridgehead atoms. The van der Waals surface area contributed by atoms with E-state index in [1.54, 1.807) is 0 Å². The first kappa shape index (κ1) is 17.7. The van der Waals surface area contributed by atoms with Gasteiger partial charge in [0.15, 0.2) is 5.69 Å². The van der Waals surface area contributed by atoms with Gasteiger partial charge in [-0.2, -0.15) is 5.10 Å². The predicted molar refractivity (Wildman–Crippen MR) is 97.6 cm³/mol. The standard InChI is InChI=1S/C20H27N3O2/c1-3-23-18-12-14-22(13-8-11-16-9-6-5-7-10-16)15-17(18)19(21-23)20(24)25-4-2/h5-7,9-10H,3-4,8,11-15H2,1-2H3. The smallest absolute Gasteiger partial charge is 0.359 e. The molecule has 1 aromatic carbocycles. The molecule has 0 aliphatic carbocycles. The number of rotatable bonds is 7. The van der Waals surface area contributed by atoms with Gasteiger partial charge in [-0.3, -0.25) is 9.58 Å². The van der Waals surface area contributed by atoms with Crippen LogP contribution in [-0.4, -0.2) is 40.3 Å². The van der Waals surface area contributed by atoms with Crippen LogP contribution in [0, 0.1) is 0 Å². The predicted octanol–water partition coefficient (Wildman–Crippen LogP) is 3.07. The maximum absolute atomic E-state index is 12.2. The Morgan fingerprint density at radius 1 is 1.24 bits per heavy atom. The molecule has 134 valence electrons. The van der Waals surface area contributed by atoms with Crippen molar-refractivity contribution < 1.29 is 9.53 Å². The van der Waals surface area contributed by atoms with Gasteiger partial charge in [0.2, 0.25) is 0 Å². The van der Waals surface area contributed by atoms with Crippen LogP contribution < -0.4 is 0 Å². The number of carbonyl (C=O) groups excluding carboxylic acids is 1. The molecule has 1 aromatic heterocycles. The van der Waals surface area contributed by atoms with Gasteiger partial charge in [-0.05, 0) is 38.8 Å². The Hall–Kier alpha value is -2.14. The summed E-state index contributed by atoms with van der Waals surface area (Å²) in [4.78, 5) is 14.7. The molecule has 0 spiro atoms. The van der Waals surface area contributed by atoms with Gasteiger partial charge in [-0.1, -0.05) is 30.3 Å². The number of aromatic nitrogens is 2. The lowest BCUT2D eigenvalue weighted by atomic mass is 10.0. The second-order valence-corrected chi connectivity index (χ2v) is 6.43. The van der Waals surface area contributed by atoms with Gasteiger partial charge in [0.25, 0.3) is 0 Å². The minimum Gasteiger partial charge on any atom is -0.461 e. The number of carbonyl (C=O) groups is 1. The maximum atomic E-state index is 12.2. The quantitative estimate of drug-likeness (QED) is 0.726. The number of hydrogen-bond donors (Lipinski definition) is 0. The van der Waals surface area contributed by atoms with Crippen LogP contribution in [-0.2, 0) is 30.7 Å². The molecule has 0 unspecified atom stereocenters. The van der Waals surface area contributed by atoms with Crippen LogP contribution >= 0.6 is 0 Å². The van der Waals surface area contributed by atoms with Crippen LogP contribution in [0.2, 0.25) is 0 Å². The van der Waals surface area contributed by atoms with Crippen LogP contribution in [0.25, 0.3) is 0 Å². The summed E-state index contributed by atoms with van der Waals surface area (Å²) >= 11 is 0. The number of hydrogen-bond acceptors (Lipinski definition) is 4. The van der Waals surface area contributed by atoms with E-state index in [4.69, 9.17) is 4.74 Å². The zero-order valence-corrected chi connectivity index (χ0v) is 15.2. The Morgan fingerprint density at radius 2 is 2.04 bits per heavy atom. The normalized spacial score (nSPS) is 14.3. The molecule has 1 aliphatic heterocycles. The molecule has 0 amide bonds. The molecule has 0 saturated heterocycles. The molecule has 5 heteroatoms. The third-order valence-corrected chi connectivity index (χ3v) is 4.76. The number of benzene rings is 1. The fourth-order valence-corrected chi connectivity index (χ4v) is 3.51.